The van der Waals surface area contributed by atoms with Crippen molar-refractivity contribution in [3.05, 3.63) is 49.1 Å². The first kappa shape index (κ1) is 35.6. The van der Waals surface area contributed by atoms with Crippen LogP contribution >= 0.6 is 0 Å². The fourth-order valence-corrected chi connectivity index (χ4v) is 4.00. The van der Waals surface area contributed by atoms with Crippen molar-refractivity contribution in [1.29, 1.82) is 0 Å². The molecule has 0 atom stereocenters. The molecule has 2 aromatic heterocycles. The van der Waals surface area contributed by atoms with Gasteiger partial charge in [-0.05, 0) is 123 Å². The average molecular weight is 492 g/mol. The summed E-state index contributed by atoms with van der Waals surface area (Å²) in [6.45, 7) is 7.92. The highest BCUT2D eigenvalue weighted by molar-refractivity contribution is 4.89. The number of likely N-dealkylation sites (tertiary alicyclic amines) is 3. The van der Waals surface area contributed by atoms with Crippen LogP contribution in [0.5, 0.6) is 0 Å². The van der Waals surface area contributed by atoms with Crippen molar-refractivity contribution in [3.8, 4) is 0 Å². The monoisotopic (exact) mass is 491 g/mol. The van der Waals surface area contributed by atoms with Crippen LogP contribution in [0.4, 0.5) is 0 Å². The Bertz CT molecular complexity index is 535. The van der Waals surface area contributed by atoms with Gasteiger partial charge in [-0.15, -0.1) is 0 Å². The van der Waals surface area contributed by atoms with Gasteiger partial charge in [0.1, 0.15) is 0 Å². The molecule has 0 bridgehead atoms. The molecule has 5 rings (SSSR count). The van der Waals surface area contributed by atoms with E-state index in [4.69, 9.17) is 0 Å². The Hall–Kier alpha value is -1.56. The smallest absolute Gasteiger partial charge is 0.0106 e. The molecule has 206 valence electrons. The number of piperidine rings is 3. The Morgan fingerprint density at radius 1 is 0.343 bits per heavy atom. The topological polar surface area (TPSA) is 19.6 Å². The largest absolute Gasteiger partial charge is 0.357 e. The molecule has 2 aromatic rings. The minimum Gasteiger partial charge on any atom is -0.357 e. The van der Waals surface area contributed by atoms with Gasteiger partial charge < -0.3 is 23.8 Å². The third-order valence-electron chi connectivity index (χ3n) is 6.25. The number of hydrogen-bond donors (Lipinski definition) is 0. The normalized spacial score (nSPS) is 18.2. The zero-order valence-corrected chi connectivity index (χ0v) is 22.5. The zero-order valence-electron chi connectivity index (χ0n) is 22.5. The molecule has 3 saturated heterocycles. The van der Waals surface area contributed by atoms with E-state index in [-0.39, 0.29) is 14.9 Å². The van der Waals surface area contributed by atoms with Gasteiger partial charge in [-0.2, -0.15) is 0 Å². The molecule has 3 aliphatic rings. The maximum absolute atomic E-state index is 2.39. The third kappa shape index (κ3) is 22.6. The molecule has 0 aliphatic carbocycles. The lowest BCUT2D eigenvalue weighted by atomic mass is 10.1. The highest BCUT2D eigenvalue weighted by atomic mass is 15.1. The maximum atomic E-state index is 2.39. The summed E-state index contributed by atoms with van der Waals surface area (Å²) in [5.41, 5.74) is 0. The quantitative estimate of drug-likeness (QED) is 0.412. The third-order valence-corrected chi connectivity index (χ3v) is 6.25. The van der Waals surface area contributed by atoms with Gasteiger partial charge in [-0.3, -0.25) is 0 Å². The summed E-state index contributed by atoms with van der Waals surface area (Å²) >= 11 is 0. The summed E-state index contributed by atoms with van der Waals surface area (Å²) < 4.78 is 4.00. The van der Waals surface area contributed by atoms with E-state index in [1.54, 1.807) is 0 Å². The van der Waals surface area contributed by atoms with Crippen molar-refractivity contribution < 1.29 is 0 Å². The zero-order chi connectivity index (χ0) is 24.2. The molecule has 3 aliphatic heterocycles. The summed E-state index contributed by atoms with van der Waals surface area (Å²) in [4.78, 5) is 7.18. The lowest BCUT2D eigenvalue weighted by Crippen LogP contribution is -2.24. The fraction of sp³-hybridized carbons (Fsp3) is 0.733. The van der Waals surface area contributed by atoms with E-state index < -0.39 is 0 Å². The Labute approximate surface area is 220 Å². The van der Waals surface area contributed by atoms with E-state index in [1.807, 2.05) is 72.3 Å². The molecule has 0 saturated carbocycles. The van der Waals surface area contributed by atoms with Gasteiger partial charge in [0.05, 0.1) is 0 Å². The molecule has 0 N–H and O–H groups in total. The average Bonchev–Trinajstić information content (AvgIpc) is 3.51. The Morgan fingerprint density at radius 2 is 0.543 bits per heavy atom. The van der Waals surface area contributed by atoms with Gasteiger partial charge in [-0.25, -0.2) is 0 Å². The highest BCUT2D eigenvalue weighted by Gasteiger charge is 2.03. The van der Waals surface area contributed by atoms with Crippen molar-refractivity contribution >= 4 is 0 Å². The van der Waals surface area contributed by atoms with Gasteiger partial charge in [-0.1, -0.05) is 34.1 Å². The van der Waals surface area contributed by atoms with Crippen LogP contribution in [0.2, 0.25) is 0 Å². The summed E-state index contributed by atoms with van der Waals surface area (Å²) in [5.74, 6) is 0. The van der Waals surface area contributed by atoms with E-state index >= 15 is 0 Å². The van der Waals surface area contributed by atoms with E-state index in [0.717, 1.165) is 0 Å². The molecule has 3 fully saturated rings. The minimum absolute atomic E-state index is 0. The van der Waals surface area contributed by atoms with Crippen LogP contribution in [-0.2, 0) is 14.1 Å². The second-order valence-electron chi connectivity index (χ2n) is 9.79. The molecule has 0 spiro atoms. The maximum Gasteiger partial charge on any atom is 0.0106 e. The van der Waals surface area contributed by atoms with E-state index in [1.165, 1.54) is 97.1 Å². The number of nitrogens with zero attached hydrogens (tertiary/aromatic N) is 5. The van der Waals surface area contributed by atoms with Gasteiger partial charge in [0.25, 0.3) is 0 Å². The Kier molecular flexibility index (Phi) is 24.6. The molecular formula is C30H61N5. The number of aromatic nitrogens is 2. The van der Waals surface area contributed by atoms with Crippen LogP contribution in [0.15, 0.2) is 49.1 Å². The molecule has 0 unspecified atom stereocenters. The summed E-state index contributed by atoms with van der Waals surface area (Å²) in [5, 5.41) is 0. The Balaban J connectivity index is 0. The standard InChI is InChI=1S/3C6H13N.2C5H7N.2CH4/c3*1-7-5-3-2-4-6-7;2*1-6-4-2-3-5-6;;/h3*2-6H2,1H3;2*2-5H,1H3;2*1H4. The molecule has 0 amide bonds. The summed E-state index contributed by atoms with van der Waals surface area (Å²) in [6, 6.07) is 8.00. The van der Waals surface area contributed by atoms with Crippen LogP contribution in [0.3, 0.4) is 0 Å². The van der Waals surface area contributed by atoms with Crippen molar-refractivity contribution in [2.24, 2.45) is 14.1 Å². The van der Waals surface area contributed by atoms with Crippen molar-refractivity contribution in [2.45, 2.75) is 72.6 Å². The molecule has 5 heterocycles. The minimum atomic E-state index is 0. The van der Waals surface area contributed by atoms with Crippen molar-refractivity contribution in [1.82, 2.24) is 23.8 Å². The first-order valence-corrected chi connectivity index (χ1v) is 13.2. The predicted molar refractivity (Wildman–Crippen MR) is 158 cm³/mol. The van der Waals surface area contributed by atoms with Crippen LogP contribution in [-0.4, -0.2) is 84.2 Å². The fourth-order valence-electron chi connectivity index (χ4n) is 4.00. The van der Waals surface area contributed by atoms with Crippen LogP contribution < -0.4 is 0 Å². The SMILES string of the molecule is C.C.CN1CCCCC1.CN1CCCCC1.CN1CCCCC1.Cn1cccc1.Cn1cccc1. The lowest BCUT2D eigenvalue weighted by molar-refractivity contribution is 0.277. The van der Waals surface area contributed by atoms with Crippen molar-refractivity contribution in [2.75, 3.05) is 60.4 Å². The lowest BCUT2D eigenvalue weighted by Gasteiger charge is -2.20. The van der Waals surface area contributed by atoms with Gasteiger partial charge in [0.2, 0.25) is 0 Å². The van der Waals surface area contributed by atoms with Gasteiger partial charge in [0, 0.05) is 38.9 Å². The van der Waals surface area contributed by atoms with Gasteiger partial charge in [0.15, 0.2) is 0 Å². The van der Waals surface area contributed by atoms with Gasteiger partial charge >= 0.3 is 0 Å². The first-order valence-electron chi connectivity index (χ1n) is 13.2. The number of hydrogen-bond acceptors (Lipinski definition) is 3. The molecule has 0 radical (unpaired) electrons. The first-order chi connectivity index (χ1) is 16.0. The molecule has 35 heavy (non-hydrogen) atoms. The second kappa shape index (κ2) is 24.1. The van der Waals surface area contributed by atoms with E-state index in [2.05, 4.69) is 35.8 Å². The van der Waals surface area contributed by atoms with Crippen LogP contribution in [0, 0.1) is 0 Å². The predicted octanol–water partition coefficient (Wildman–Crippen LogP) is 6.63. The summed E-state index contributed by atoms with van der Waals surface area (Å²) in [7, 11) is 10.6. The van der Waals surface area contributed by atoms with Crippen molar-refractivity contribution in [3.63, 3.8) is 0 Å². The molecule has 0 aromatic carbocycles. The number of rotatable bonds is 0. The second-order valence-corrected chi connectivity index (χ2v) is 9.79. The Morgan fingerprint density at radius 3 is 0.629 bits per heavy atom. The summed E-state index contributed by atoms with van der Waals surface area (Å²) in [6.07, 6.45) is 20.8. The van der Waals surface area contributed by atoms with E-state index in [0.29, 0.717) is 0 Å². The highest BCUT2D eigenvalue weighted by Crippen LogP contribution is 2.06. The van der Waals surface area contributed by atoms with Crippen LogP contribution in [0.25, 0.3) is 0 Å². The molecule has 5 heteroatoms. The number of aryl methyl sites for hydroxylation is 2. The van der Waals surface area contributed by atoms with E-state index in [9.17, 15) is 0 Å². The molecular weight excluding hydrogens is 430 g/mol. The van der Waals surface area contributed by atoms with Crippen LogP contribution in [0.1, 0.15) is 72.6 Å². The molecule has 5 nitrogen and oxygen atoms in total.